The maximum atomic E-state index is 13.1. The van der Waals surface area contributed by atoms with Crippen LogP contribution >= 0.6 is 22.6 Å². The molecule has 0 aliphatic carbocycles. The Morgan fingerprint density at radius 2 is 1.50 bits per heavy atom. The summed E-state index contributed by atoms with van der Waals surface area (Å²) in [6.07, 6.45) is -0.439. The maximum absolute atomic E-state index is 13.1. The Labute approximate surface area is 258 Å². The molecule has 0 bridgehead atoms. The number of carbonyl (C=O) groups is 1. The fourth-order valence-electron chi connectivity index (χ4n) is 5.57. The second-order valence-corrected chi connectivity index (χ2v) is 16.8. The fourth-order valence-corrected chi connectivity index (χ4v) is 10.6. The second-order valence-electron chi connectivity index (χ2n) is 11.3. The molecule has 0 amide bonds. The first kappa shape index (κ1) is 30.1. The number of aromatic amines is 1. The summed E-state index contributed by atoms with van der Waals surface area (Å²) in [4.78, 5) is 40.2. The van der Waals surface area contributed by atoms with Gasteiger partial charge in [-0.15, -0.1) is 0 Å². The summed E-state index contributed by atoms with van der Waals surface area (Å²) in [5.41, 5.74) is -0.635. The average molecular weight is 697 g/mol. The molecule has 2 heterocycles. The third-order valence-electron chi connectivity index (χ3n) is 7.56. The van der Waals surface area contributed by atoms with Crippen LogP contribution in [0.25, 0.3) is 0 Å². The standard InChI is InChI=1S/C32H33IN2O6Si/c1-32(2,3)42(23-15-9-5-10-16-23,24-17-11-6-12-18-24)39-21-27-26(41-30(37)22-13-7-4-8-14-22)19-28(40-27)35-20-25(33)29(36)34-31(35)38/h4-18,20,26-28H,19,21H2,1-3H3,(H,34,36,38)/t26-,27+,28+/m0/s1. The van der Waals surface area contributed by atoms with Crippen molar-refractivity contribution < 1.29 is 18.7 Å². The van der Waals surface area contributed by atoms with Gasteiger partial charge in [0.25, 0.3) is 13.9 Å². The lowest BCUT2D eigenvalue weighted by Crippen LogP contribution is -2.67. The highest BCUT2D eigenvalue weighted by Gasteiger charge is 2.51. The first-order valence-corrected chi connectivity index (χ1v) is 16.8. The largest absolute Gasteiger partial charge is 0.456 e. The molecule has 8 nitrogen and oxygen atoms in total. The Hall–Kier alpha value is -3.32. The van der Waals surface area contributed by atoms with Gasteiger partial charge in [0, 0.05) is 12.6 Å². The zero-order valence-electron chi connectivity index (χ0n) is 23.7. The first-order chi connectivity index (χ1) is 20.1. The molecule has 0 spiro atoms. The lowest BCUT2D eigenvalue weighted by atomic mass is 10.1. The van der Waals surface area contributed by atoms with E-state index in [0.717, 1.165) is 10.4 Å². The number of hydrogen-bond acceptors (Lipinski definition) is 6. The van der Waals surface area contributed by atoms with E-state index in [1.165, 1.54) is 10.8 Å². The molecule has 0 saturated carbocycles. The van der Waals surface area contributed by atoms with E-state index >= 15 is 0 Å². The zero-order chi connectivity index (χ0) is 29.9. The molecule has 42 heavy (non-hydrogen) atoms. The van der Waals surface area contributed by atoms with E-state index in [-0.39, 0.29) is 18.1 Å². The molecule has 0 unspecified atom stereocenters. The number of rotatable bonds is 8. The van der Waals surface area contributed by atoms with Gasteiger partial charge in [-0.2, -0.15) is 0 Å². The summed E-state index contributed by atoms with van der Waals surface area (Å²) in [5, 5.41) is 1.96. The van der Waals surface area contributed by atoms with Gasteiger partial charge < -0.3 is 13.9 Å². The minimum Gasteiger partial charge on any atom is -0.456 e. The smallest absolute Gasteiger partial charge is 0.338 e. The lowest BCUT2D eigenvalue weighted by molar-refractivity contribution is -0.0493. The van der Waals surface area contributed by atoms with E-state index in [4.69, 9.17) is 13.9 Å². The van der Waals surface area contributed by atoms with Crippen LogP contribution in [0.1, 0.15) is 43.8 Å². The van der Waals surface area contributed by atoms with Crippen LogP contribution in [0, 0.1) is 3.57 Å². The van der Waals surface area contributed by atoms with Crippen molar-refractivity contribution in [2.45, 2.75) is 50.7 Å². The van der Waals surface area contributed by atoms with Crippen LogP contribution in [0.3, 0.4) is 0 Å². The van der Waals surface area contributed by atoms with Gasteiger partial charge in [0.05, 0.1) is 15.7 Å². The third-order valence-corrected chi connectivity index (χ3v) is 13.3. The van der Waals surface area contributed by atoms with Crippen LogP contribution in [0.2, 0.25) is 5.04 Å². The molecule has 5 rings (SSSR count). The molecule has 1 aromatic heterocycles. The molecule has 10 heteroatoms. The number of aromatic nitrogens is 2. The molecule has 0 radical (unpaired) electrons. The molecule has 218 valence electrons. The molecule has 1 N–H and O–H groups in total. The summed E-state index contributed by atoms with van der Waals surface area (Å²) in [5.74, 6) is -0.483. The molecule has 1 aliphatic rings. The quantitative estimate of drug-likeness (QED) is 0.168. The number of hydrogen-bond donors (Lipinski definition) is 1. The number of ether oxygens (including phenoxy) is 2. The average Bonchev–Trinajstić information content (AvgIpc) is 3.38. The van der Waals surface area contributed by atoms with E-state index < -0.39 is 44.0 Å². The predicted molar refractivity (Wildman–Crippen MR) is 172 cm³/mol. The summed E-state index contributed by atoms with van der Waals surface area (Å²) in [6.45, 7) is 6.69. The number of nitrogens with zero attached hydrogens (tertiary/aromatic N) is 1. The van der Waals surface area contributed by atoms with Crippen LogP contribution in [-0.2, 0) is 13.9 Å². The Morgan fingerprint density at radius 3 is 2.05 bits per heavy atom. The lowest BCUT2D eigenvalue weighted by Gasteiger charge is -2.43. The van der Waals surface area contributed by atoms with E-state index in [1.54, 1.807) is 24.3 Å². The third kappa shape index (κ3) is 6.07. The van der Waals surface area contributed by atoms with Crippen LogP contribution < -0.4 is 21.6 Å². The van der Waals surface area contributed by atoms with E-state index in [0.29, 0.717) is 9.13 Å². The monoisotopic (exact) mass is 696 g/mol. The van der Waals surface area contributed by atoms with Crippen LogP contribution in [-0.4, -0.2) is 42.7 Å². The van der Waals surface area contributed by atoms with E-state index in [1.807, 2.05) is 65.1 Å². The minimum atomic E-state index is -2.92. The van der Waals surface area contributed by atoms with Crippen molar-refractivity contribution in [2.75, 3.05) is 6.61 Å². The molecule has 1 saturated heterocycles. The van der Waals surface area contributed by atoms with Crippen LogP contribution in [0.5, 0.6) is 0 Å². The van der Waals surface area contributed by atoms with Crippen molar-refractivity contribution in [1.29, 1.82) is 0 Å². The van der Waals surface area contributed by atoms with Gasteiger partial charge in [0.1, 0.15) is 18.4 Å². The Balaban J connectivity index is 1.51. The van der Waals surface area contributed by atoms with Crippen molar-refractivity contribution in [2.24, 2.45) is 0 Å². The first-order valence-electron chi connectivity index (χ1n) is 13.8. The fraction of sp³-hybridized carbons (Fsp3) is 0.281. The van der Waals surface area contributed by atoms with Gasteiger partial charge in [-0.1, -0.05) is 99.6 Å². The maximum Gasteiger partial charge on any atom is 0.338 e. The SMILES string of the molecule is CC(C)(C)[Si](OC[C@H]1O[C@@H](n2cc(I)c(=O)[nH]c2=O)C[C@@H]1OC(=O)c1ccccc1)(c1ccccc1)c1ccccc1. The van der Waals surface area contributed by atoms with Gasteiger partial charge in [-0.05, 0) is 50.1 Å². The highest BCUT2D eigenvalue weighted by Crippen LogP contribution is 2.38. The van der Waals surface area contributed by atoms with Crippen LogP contribution in [0.4, 0.5) is 0 Å². The van der Waals surface area contributed by atoms with Crippen LogP contribution in [0.15, 0.2) is 107 Å². The van der Waals surface area contributed by atoms with Gasteiger partial charge in [-0.3, -0.25) is 14.3 Å². The number of esters is 1. The van der Waals surface area contributed by atoms with Crippen molar-refractivity contribution >= 4 is 47.3 Å². The number of carbonyl (C=O) groups excluding carboxylic acids is 1. The predicted octanol–water partition coefficient (Wildman–Crippen LogP) is 4.23. The summed E-state index contributed by atoms with van der Waals surface area (Å²) in [7, 11) is -2.92. The number of H-pyrrole nitrogens is 1. The molecule has 1 aliphatic heterocycles. The Morgan fingerprint density at radius 1 is 0.952 bits per heavy atom. The normalized spacial score (nSPS) is 19.0. The van der Waals surface area contributed by atoms with Gasteiger partial charge in [0.2, 0.25) is 0 Å². The molecular formula is C32H33IN2O6Si. The molecule has 3 atom stereocenters. The van der Waals surface area contributed by atoms with E-state index in [9.17, 15) is 14.4 Å². The second kappa shape index (κ2) is 12.5. The van der Waals surface area contributed by atoms with Crippen molar-refractivity contribution in [3.63, 3.8) is 0 Å². The highest BCUT2D eigenvalue weighted by atomic mass is 127. The molecule has 4 aromatic rings. The number of benzene rings is 3. The summed E-state index contributed by atoms with van der Waals surface area (Å²) >= 11 is 1.88. The molecule has 3 aromatic carbocycles. The number of halogens is 1. The van der Waals surface area contributed by atoms with Crippen molar-refractivity contribution in [1.82, 2.24) is 9.55 Å². The minimum absolute atomic E-state index is 0.131. The highest BCUT2D eigenvalue weighted by molar-refractivity contribution is 14.1. The van der Waals surface area contributed by atoms with Crippen molar-refractivity contribution in [3.05, 3.63) is 127 Å². The molecule has 1 fully saturated rings. The zero-order valence-corrected chi connectivity index (χ0v) is 26.8. The Bertz CT molecular complexity index is 1600. The van der Waals surface area contributed by atoms with Gasteiger partial charge in [0.15, 0.2) is 0 Å². The summed E-state index contributed by atoms with van der Waals surface area (Å²) < 4.78 is 21.2. The van der Waals surface area contributed by atoms with Crippen molar-refractivity contribution in [3.8, 4) is 0 Å². The Kier molecular flexibility index (Phi) is 8.97. The topological polar surface area (TPSA) is 99.6 Å². The number of nitrogens with one attached hydrogen (secondary N) is 1. The molecular weight excluding hydrogens is 663 g/mol. The van der Waals surface area contributed by atoms with Gasteiger partial charge in [-0.25, -0.2) is 9.59 Å². The van der Waals surface area contributed by atoms with E-state index in [2.05, 4.69) is 50.0 Å². The van der Waals surface area contributed by atoms with Gasteiger partial charge >= 0.3 is 11.7 Å². The summed E-state index contributed by atoms with van der Waals surface area (Å²) in [6, 6.07) is 29.3.